The predicted octanol–water partition coefficient (Wildman–Crippen LogP) is 2.33. The second-order valence-electron chi connectivity index (χ2n) is 5.67. The number of anilines is 1. The van der Waals surface area contributed by atoms with Gasteiger partial charge in [0.2, 0.25) is 5.91 Å². The predicted molar refractivity (Wildman–Crippen MR) is 94.0 cm³/mol. The molecular weight excluding hydrogens is 304 g/mol. The molecular formula is C18H20N4O2. The van der Waals surface area contributed by atoms with E-state index in [4.69, 9.17) is 0 Å². The van der Waals surface area contributed by atoms with Crippen molar-refractivity contribution in [3.8, 4) is 0 Å². The number of pyridine rings is 1. The quantitative estimate of drug-likeness (QED) is 0.783. The molecule has 2 heterocycles. The molecule has 3 rings (SSSR count). The number of rotatable bonds is 5. The SMILES string of the molecule is CCC(=O)Nc1ccc2c(c1)nc(CCn1ccccc1=O)n2C. The van der Waals surface area contributed by atoms with E-state index in [0.717, 1.165) is 22.5 Å². The number of fused-ring (bicyclic) bond motifs is 1. The van der Waals surface area contributed by atoms with E-state index in [0.29, 0.717) is 19.4 Å². The van der Waals surface area contributed by atoms with Crippen molar-refractivity contribution in [3.63, 3.8) is 0 Å². The molecule has 0 atom stereocenters. The number of carbonyl (C=O) groups is 1. The molecule has 0 aliphatic rings. The van der Waals surface area contributed by atoms with Crippen LogP contribution in [0, 0.1) is 0 Å². The van der Waals surface area contributed by atoms with Crippen LogP contribution in [0.25, 0.3) is 11.0 Å². The summed E-state index contributed by atoms with van der Waals surface area (Å²) in [6.45, 7) is 2.40. The number of aromatic nitrogens is 3. The van der Waals surface area contributed by atoms with E-state index in [1.807, 2.05) is 42.8 Å². The molecule has 0 bridgehead atoms. The maximum atomic E-state index is 11.8. The fraction of sp³-hybridized carbons (Fsp3) is 0.278. The van der Waals surface area contributed by atoms with Crippen LogP contribution in [0.15, 0.2) is 47.4 Å². The minimum absolute atomic E-state index is 0.0131. The summed E-state index contributed by atoms with van der Waals surface area (Å²) in [6.07, 6.45) is 2.88. The Bertz CT molecular complexity index is 940. The fourth-order valence-electron chi connectivity index (χ4n) is 2.67. The zero-order valence-electron chi connectivity index (χ0n) is 13.8. The van der Waals surface area contributed by atoms with Gasteiger partial charge in [-0.05, 0) is 24.3 Å². The lowest BCUT2D eigenvalue weighted by Gasteiger charge is -2.05. The second kappa shape index (κ2) is 6.70. The van der Waals surface area contributed by atoms with Crippen molar-refractivity contribution < 1.29 is 4.79 Å². The molecule has 0 aliphatic carbocycles. The van der Waals surface area contributed by atoms with Crippen LogP contribution in [0.2, 0.25) is 0 Å². The Morgan fingerprint density at radius 3 is 2.83 bits per heavy atom. The van der Waals surface area contributed by atoms with Crippen molar-refractivity contribution in [3.05, 3.63) is 58.8 Å². The molecule has 0 spiro atoms. The highest BCUT2D eigenvalue weighted by atomic mass is 16.1. The summed E-state index contributed by atoms with van der Waals surface area (Å²) in [6, 6.07) is 10.8. The first-order valence-corrected chi connectivity index (χ1v) is 7.99. The van der Waals surface area contributed by atoms with Crippen molar-refractivity contribution in [1.29, 1.82) is 0 Å². The Morgan fingerprint density at radius 2 is 2.08 bits per heavy atom. The van der Waals surface area contributed by atoms with Crippen LogP contribution in [-0.2, 0) is 24.8 Å². The fourth-order valence-corrected chi connectivity index (χ4v) is 2.67. The summed E-state index contributed by atoms with van der Waals surface area (Å²) in [4.78, 5) is 27.9. The van der Waals surface area contributed by atoms with Crippen molar-refractivity contribution in [2.45, 2.75) is 26.3 Å². The highest BCUT2D eigenvalue weighted by Gasteiger charge is 2.09. The number of amides is 1. The smallest absolute Gasteiger partial charge is 0.250 e. The number of carbonyl (C=O) groups excluding carboxylic acids is 1. The largest absolute Gasteiger partial charge is 0.331 e. The molecule has 124 valence electrons. The van der Waals surface area contributed by atoms with Gasteiger partial charge in [-0.15, -0.1) is 0 Å². The van der Waals surface area contributed by atoms with Crippen molar-refractivity contribution in [2.75, 3.05) is 5.32 Å². The number of nitrogens with zero attached hydrogens (tertiary/aromatic N) is 3. The average molecular weight is 324 g/mol. The molecule has 6 nitrogen and oxygen atoms in total. The monoisotopic (exact) mass is 324 g/mol. The van der Waals surface area contributed by atoms with Crippen LogP contribution in [-0.4, -0.2) is 20.0 Å². The molecule has 1 aromatic carbocycles. The molecule has 6 heteroatoms. The molecule has 0 radical (unpaired) electrons. The Hall–Kier alpha value is -2.89. The topological polar surface area (TPSA) is 68.9 Å². The molecule has 2 aromatic heterocycles. The van der Waals surface area contributed by atoms with Crippen LogP contribution in [0.5, 0.6) is 0 Å². The van der Waals surface area contributed by atoms with Crippen LogP contribution in [0.4, 0.5) is 5.69 Å². The molecule has 0 unspecified atom stereocenters. The Balaban J connectivity index is 1.84. The Labute approximate surface area is 139 Å². The lowest BCUT2D eigenvalue weighted by molar-refractivity contribution is -0.115. The van der Waals surface area contributed by atoms with Gasteiger partial charge in [-0.1, -0.05) is 13.0 Å². The zero-order chi connectivity index (χ0) is 17.1. The third-order valence-corrected chi connectivity index (χ3v) is 4.05. The molecule has 1 N–H and O–H groups in total. The van der Waals surface area contributed by atoms with Gasteiger partial charge in [0.25, 0.3) is 5.56 Å². The van der Waals surface area contributed by atoms with Gasteiger partial charge in [-0.3, -0.25) is 9.59 Å². The van der Waals surface area contributed by atoms with Crippen LogP contribution in [0.1, 0.15) is 19.2 Å². The van der Waals surface area contributed by atoms with Gasteiger partial charge in [0, 0.05) is 44.4 Å². The highest BCUT2D eigenvalue weighted by molar-refractivity contribution is 5.92. The number of aryl methyl sites for hydroxylation is 3. The normalized spacial score (nSPS) is 10.9. The zero-order valence-corrected chi connectivity index (χ0v) is 13.8. The summed E-state index contributed by atoms with van der Waals surface area (Å²) >= 11 is 0. The van der Waals surface area contributed by atoms with Gasteiger partial charge in [-0.2, -0.15) is 0 Å². The Morgan fingerprint density at radius 1 is 1.25 bits per heavy atom. The van der Waals surface area contributed by atoms with Gasteiger partial charge in [-0.25, -0.2) is 4.98 Å². The van der Waals surface area contributed by atoms with Crippen molar-refractivity contribution in [1.82, 2.24) is 14.1 Å². The Kier molecular flexibility index (Phi) is 4.46. The number of benzene rings is 1. The molecule has 0 fully saturated rings. The summed E-state index contributed by atoms with van der Waals surface area (Å²) in [7, 11) is 1.96. The molecule has 0 aliphatic heterocycles. The van der Waals surface area contributed by atoms with E-state index >= 15 is 0 Å². The van der Waals surface area contributed by atoms with Gasteiger partial charge in [0.1, 0.15) is 5.82 Å². The third kappa shape index (κ3) is 3.22. The van der Waals surface area contributed by atoms with Crippen LogP contribution in [0.3, 0.4) is 0 Å². The van der Waals surface area contributed by atoms with E-state index in [1.54, 1.807) is 22.9 Å². The first kappa shape index (κ1) is 16.0. The van der Waals surface area contributed by atoms with Crippen LogP contribution < -0.4 is 10.9 Å². The van der Waals surface area contributed by atoms with Gasteiger partial charge < -0.3 is 14.5 Å². The summed E-state index contributed by atoms with van der Waals surface area (Å²) in [5.41, 5.74) is 2.57. The maximum Gasteiger partial charge on any atom is 0.250 e. The van der Waals surface area contributed by atoms with Crippen LogP contribution >= 0.6 is 0 Å². The lowest BCUT2D eigenvalue weighted by Crippen LogP contribution is -2.19. The summed E-state index contributed by atoms with van der Waals surface area (Å²) in [5.74, 6) is 0.883. The van der Waals surface area contributed by atoms with Gasteiger partial charge >= 0.3 is 0 Å². The standard InChI is InChI=1S/C18H20N4O2/c1-3-17(23)19-13-7-8-15-14(12-13)20-16(21(15)2)9-11-22-10-5-4-6-18(22)24/h4-8,10,12H,3,9,11H2,1-2H3,(H,19,23). The van der Waals surface area contributed by atoms with Gasteiger partial charge in [0.05, 0.1) is 11.0 Å². The minimum Gasteiger partial charge on any atom is -0.331 e. The number of imidazole rings is 1. The van der Waals surface area contributed by atoms with E-state index in [2.05, 4.69) is 10.3 Å². The highest BCUT2D eigenvalue weighted by Crippen LogP contribution is 2.20. The lowest BCUT2D eigenvalue weighted by atomic mass is 10.2. The summed E-state index contributed by atoms with van der Waals surface area (Å²) in [5, 5.41) is 2.84. The van der Waals surface area contributed by atoms with E-state index in [9.17, 15) is 9.59 Å². The molecule has 0 saturated carbocycles. The average Bonchev–Trinajstić information content (AvgIpc) is 2.89. The molecule has 24 heavy (non-hydrogen) atoms. The third-order valence-electron chi connectivity index (χ3n) is 4.05. The summed E-state index contributed by atoms with van der Waals surface area (Å²) < 4.78 is 3.70. The molecule has 1 amide bonds. The van der Waals surface area contributed by atoms with Crippen molar-refractivity contribution in [2.24, 2.45) is 7.05 Å². The first-order chi connectivity index (χ1) is 11.6. The maximum absolute atomic E-state index is 11.8. The molecule has 3 aromatic rings. The van der Waals surface area contributed by atoms with Gasteiger partial charge in [0.15, 0.2) is 0 Å². The number of nitrogens with one attached hydrogen (secondary N) is 1. The minimum atomic E-state index is -0.0195. The van der Waals surface area contributed by atoms with Crippen molar-refractivity contribution >= 4 is 22.6 Å². The van der Waals surface area contributed by atoms with E-state index in [-0.39, 0.29) is 11.5 Å². The number of hydrogen-bond acceptors (Lipinski definition) is 3. The second-order valence-corrected chi connectivity index (χ2v) is 5.67. The first-order valence-electron chi connectivity index (χ1n) is 7.99. The molecule has 0 saturated heterocycles. The van der Waals surface area contributed by atoms with E-state index < -0.39 is 0 Å². The van der Waals surface area contributed by atoms with E-state index in [1.165, 1.54) is 0 Å². The number of hydrogen-bond donors (Lipinski definition) is 1.